The number of para-hydroxylation sites is 1. The molecular weight excluding hydrogens is 725 g/mol. The van der Waals surface area contributed by atoms with Crippen LogP contribution in [0.4, 0.5) is 0 Å². The van der Waals surface area contributed by atoms with Crippen molar-refractivity contribution < 1.29 is 43.5 Å². The van der Waals surface area contributed by atoms with Gasteiger partial charge in [0.2, 0.25) is 6.79 Å². The minimum Gasteiger partial charge on any atom is -0.504 e. The number of hydrogen-bond donors (Lipinski definition) is 4. The Labute approximate surface area is 324 Å². The summed E-state index contributed by atoms with van der Waals surface area (Å²) in [6.45, 7) is 7.20. The highest BCUT2D eigenvalue weighted by Gasteiger charge is 2.51. The van der Waals surface area contributed by atoms with Crippen LogP contribution in [0.5, 0.6) is 28.7 Å². The maximum atomic E-state index is 14.8. The van der Waals surface area contributed by atoms with Crippen LogP contribution < -0.4 is 24.3 Å². The van der Waals surface area contributed by atoms with Crippen LogP contribution in [-0.2, 0) is 32.7 Å². The number of aryl methyl sites for hydroxylation is 1. The fourth-order valence-electron chi connectivity index (χ4n) is 9.45. The number of rotatable bonds is 4. The number of benzene rings is 3. The lowest BCUT2D eigenvalue weighted by molar-refractivity contribution is -0.157. The van der Waals surface area contributed by atoms with Gasteiger partial charge in [-0.1, -0.05) is 24.3 Å². The smallest absolute Gasteiger partial charge is 0.333 e. The van der Waals surface area contributed by atoms with Gasteiger partial charge in [0, 0.05) is 70.6 Å². The molecule has 4 aliphatic heterocycles. The van der Waals surface area contributed by atoms with Crippen molar-refractivity contribution in [1.82, 2.24) is 20.1 Å². The molecule has 4 aromatic rings. The van der Waals surface area contributed by atoms with E-state index in [0.717, 1.165) is 39.7 Å². The van der Waals surface area contributed by atoms with Crippen molar-refractivity contribution in [3.05, 3.63) is 75.0 Å². The first-order valence-electron chi connectivity index (χ1n) is 18.6. The average molecular weight is 773 g/mol. The minimum absolute atomic E-state index is 0.0322. The van der Waals surface area contributed by atoms with E-state index in [0.29, 0.717) is 63.3 Å². The number of aromatic amines is 1. The molecule has 4 N–H and O–H groups in total. The molecule has 14 heteroatoms. The molecule has 5 heterocycles. The number of H-pyrrole nitrogens is 1. The van der Waals surface area contributed by atoms with E-state index in [1.165, 1.54) is 6.92 Å². The highest BCUT2D eigenvalue weighted by Crippen LogP contribution is 2.53. The maximum Gasteiger partial charge on any atom is 0.333 e. The number of aliphatic hydroxyl groups is 1. The number of phenolic OH excluding ortho intramolecular Hbond substituents is 1. The average Bonchev–Trinajstić information content (AvgIpc) is 3.76. The number of nitrogens with zero attached hydrogens (tertiary/aromatic N) is 2. The number of carbonyl (C=O) groups excluding carboxylic acids is 2. The Hall–Kier alpha value is -4.47. The maximum absolute atomic E-state index is 14.8. The van der Waals surface area contributed by atoms with Gasteiger partial charge in [-0.05, 0) is 64.0 Å². The number of thioether (sulfide) groups is 1. The van der Waals surface area contributed by atoms with Crippen molar-refractivity contribution in [3.63, 3.8) is 0 Å². The first-order chi connectivity index (χ1) is 26.4. The number of cyclic esters (lactones) is 1. The number of methoxy groups -OCH3 is 1. The standard InChI is InChI=1S/C41H48N4O9S/c1-20-14-24-15-30(47)45-28(31-21(2)36(54-23(4)46)22(3)37-38(31)53-19-52-37)16-51-40(49)41(39-26(12-13-42-41)25-10-8-9-11-27(25)43-39)18-55-17-29(45)33(44(5)6)32(24)34(48)35(20)50-7/h8-11,14,28-30,33,42-43,47-48H,12-13,15-19H2,1-7H3/t28-,29-,30-,33+,41+/m0/s1. The summed E-state index contributed by atoms with van der Waals surface area (Å²) in [4.78, 5) is 35.0. The summed E-state index contributed by atoms with van der Waals surface area (Å²) < 4.78 is 30.3. The molecule has 3 aromatic carbocycles. The normalized spacial score (nSPS) is 25.2. The van der Waals surface area contributed by atoms with E-state index in [9.17, 15) is 19.8 Å². The lowest BCUT2D eigenvalue weighted by atomic mass is 9.88. The van der Waals surface area contributed by atoms with E-state index < -0.39 is 41.8 Å². The number of carbonyl (C=O) groups is 2. The largest absolute Gasteiger partial charge is 0.504 e. The predicted octanol–water partition coefficient (Wildman–Crippen LogP) is 4.68. The van der Waals surface area contributed by atoms with E-state index in [1.54, 1.807) is 18.9 Å². The quantitative estimate of drug-likeness (QED) is 0.168. The number of aromatic nitrogens is 1. The lowest BCUT2D eigenvalue weighted by Crippen LogP contribution is -2.58. The molecule has 8 rings (SSSR count). The number of hydrogen-bond acceptors (Lipinski definition) is 13. The van der Waals surface area contributed by atoms with E-state index in [-0.39, 0.29) is 25.6 Å². The number of phenols is 1. The van der Waals surface area contributed by atoms with E-state index in [2.05, 4.69) is 21.3 Å². The number of fused-ring (bicyclic) bond motifs is 7. The number of esters is 2. The highest BCUT2D eigenvalue weighted by atomic mass is 32.2. The summed E-state index contributed by atoms with van der Waals surface area (Å²) in [6.07, 6.45) is -0.202. The number of likely N-dealkylation sites (N-methyl/N-ethyl adjacent to an activating group) is 1. The number of aromatic hydroxyl groups is 1. The van der Waals surface area contributed by atoms with E-state index >= 15 is 0 Å². The van der Waals surface area contributed by atoms with Gasteiger partial charge in [-0.15, -0.1) is 0 Å². The molecule has 5 atom stereocenters. The molecule has 0 aliphatic carbocycles. The molecular formula is C41H48N4O9S. The molecule has 1 fully saturated rings. The van der Waals surface area contributed by atoms with Crippen LogP contribution in [0.3, 0.4) is 0 Å². The Morgan fingerprint density at radius 2 is 1.84 bits per heavy atom. The summed E-state index contributed by atoms with van der Waals surface area (Å²) in [5.41, 5.74) is 5.60. The number of aliphatic hydroxyl groups excluding tert-OH is 1. The Balaban J connectivity index is 1.35. The molecule has 0 bridgehead atoms. The molecule has 1 aromatic heterocycles. The van der Waals surface area contributed by atoms with Gasteiger partial charge in [0.1, 0.15) is 18.6 Å². The van der Waals surface area contributed by atoms with Gasteiger partial charge >= 0.3 is 11.9 Å². The Bertz CT molecular complexity index is 2200. The first-order valence-corrected chi connectivity index (χ1v) is 19.8. The summed E-state index contributed by atoms with van der Waals surface area (Å²) >= 11 is 1.59. The van der Waals surface area contributed by atoms with Crippen molar-refractivity contribution in [3.8, 4) is 28.7 Å². The molecule has 0 saturated carbocycles. The van der Waals surface area contributed by atoms with Crippen LogP contribution in [-0.4, -0.2) is 102 Å². The third kappa shape index (κ3) is 5.92. The minimum atomic E-state index is -1.20. The van der Waals surface area contributed by atoms with Crippen LogP contribution in [0.15, 0.2) is 30.3 Å². The summed E-state index contributed by atoms with van der Waals surface area (Å²) in [6, 6.07) is 8.29. The molecule has 4 aliphatic rings. The van der Waals surface area contributed by atoms with Crippen molar-refractivity contribution >= 4 is 34.6 Å². The zero-order valence-electron chi connectivity index (χ0n) is 32.2. The Morgan fingerprint density at radius 1 is 1.07 bits per heavy atom. The van der Waals surface area contributed by atoms with Crippen molar-refractivity contribution in [2.75, 3.05) is 52.7 Å². The lowest BCUT2D eigenvalue weighted by Gasteiger charge is -2.46. The molecule has 0 amide bonds. The second-order valence-corrected chi connectivity index (χ2v) is 16.2. The monoisotopic (exact) mass is 772 g/mol. The summed E-state index contributed by atoms with van der Waals surface area (Å²) in [5.74, 6) is 1.45. The third-order valence-electron chi connectivity index (χ3n) is 11.7. The molecule has 0 unspecified atom stereocenters. The molecule has 1 spiro atoms. The number of nitrogens with one attached hydrogen (secondary N) is 2. The van der Waals surface area contributed by atoms with Crippen molar-refractivity contribution in [2.45, 2.75) is 70.4 Å². The first kappa shape index (κ1) is 37.5. The van der Waals surface area contributed by atoms with Gasteiger partial charge in [0.05, 0.1) is 24.9 Å². The van der Waals surface area contributed by atoms with Crippen molar-refractivity contribution in [1.29, 1.82) is 0 Å². The van der Waals surface area contributed by atoms with Gasteiger partial charge in [-0.3, -0.25) is 15.0 Å². The van der Waals surface area contributed by atoms with E-state index in [1.807, 2.05) is 64.0 Å². The topological polar surface area (TPSA) is 155 Å². The van der Waals surface area contributed by atoms with Gasteiger partial charge in [-0.2, -0.15) is 11.8 Å². The molecule has 13 nitrogen and oxygen atoms in total. The van der Waals surface area contributed by atoms with E-state index in [4.69, 9.17) is 23.7 Å². The van der Waals surface area contributed by atoms with Gasteiger partial charge < -0.3 is 43.8 Å². The van der Waals surface area contributed by atoms with Crippen LogP contribution in [0.25, 0.3) is 10.9 Å². The Morgan fingerprint density at radius 3 is 2.58 bits per heavy atom. The van der Waals surface area contributed by atoms with Crippen LogP contribution >= 0.6 is 11.8 Å². The second-order valence-electron chi connectivity index (χ2n) is 15.1. The Kier molecular flexibility index (Phi) is 9.69. The zero-order valence-corrected chi connectivity index (χ0v) is 33.0. The van der Waals surface area contributed by atoms with Gasteiger partial charge in [0.25, 0.3) is 0 Å². The fourth-order valence-corrected chi connectivity index (χ4v) is 10.8. The van der Waals surface area contributed by atoms with Crippen LogP contribution in [0, 0.1) is 20.8 Å². The molecule has 292 valence electrons. The van der Waals surface area contributed by atoms with Crippen LogP contribution in [0.1, 0.15) is 63.6 Å². The second kappa shape index (κ2) is 14.2. The molecule has 55 heavy (non-hydrogen) atoms. The van der Waals surface area contributed by atoms with Crippen molar-refractivity contribution in [2.24, 2.45) is 0 Å². The van der Waals surface area contributed by atoms with Crippen LogP contribution in [0.2, 0.25) is 0 Å². The number of ether oxygens (including phenoxy) is 5. The molecule has 1 saturated heterocycles. The summed E-state index contributed by atoms with van der Waals surface area (Å²) in [7, 11) is 5.46. The highest BCUT2D eigenvalue weighted by molar-refractivity contribution is 7.99. The summed E-state index contributed by atoms with van der Waals surface area (Å²) in [5, 5.41) is 29.2. The van der Waals surface area contributed by atoms with Gasteiger partial charge in [0.15, 0.2) is 28.5 Å². The SMILES string of the molecule is COc1c(C)cc2c(c1O)[C@H](N(C)C)[C@@H]1CSC[C@]3(NCCc4c3[nH]c3ccccc43)C(=O)OC[C@@H](c3c(C)c(OC(C)=O)c(C)c4c3OCO4)N1[C@@H](O)C2. The predicted molar refractivity (Wildman–Crippen MR) is 207 cm³/mol. The fraction of sp³-hybridized carbons (Fsp3) is 0.463. The zero-order chi connectivity index (χ0) is 38.9. The van der Waals surface area contributed by atoms with Gasteiger partial charge in [-0.25, -0.2) is 4.79 Å². The molecule has 0 radical (unpaired) electrons. The third-order valence-corrected chi connectivity index (χ3v) is 12.9.